The second kappa shape index (κ2) is 9.66. The molecule has 2 aliphatic carbocycles. The van der Waals surface area contributed by atoms with Gasteiger partial charge in [-0.05, 0) is 60.6 Å². The van der Waals surface area contributed by atoms with Crippen molar-refractivity contribution in [3.8, 4) is 0 Å². The number of benzene rings is 2. The maximum atomic E-state index is 13.5. The van der Waals surface area contributed by atoms with Crippen LogP contribution in [0.2, 0.25) is 5.02 Å². The van der Waals surface area contributed by atoms with Crippen LogP contribution >= 0.6 is 11.6 Å². The Balaban J connectivity index is 1.33. The van der Waals surface area contributed by atoms with Crippen LogP contribution in [-0.4, -0.2) is 53.9 Å². The van der Waals surface area contributed by atoms with E-state index in [2.05, 4.69) is 10.6 Å². The van der Waals surface area contributed by atoms with Crippen LogP contribution in [0.5, 0.6) is 0 Å². The molecule has 1 saturated heterocycles. The number of aryl methyl sites for hydroxylation is 1. The van der Waals surface area contributed by atoms with Gasteiger partial charge in [0, 0.05) is 42.8 Å². The van der Waals surface area contributed by atoms with E-state index in [1.807, 2.05) is 0 Å². The van der Waals surface area contributed by atoms with Crippen molar-refractivity contribution < 1.29 is 28.3 Å². The molecule has 37 heavy (non-hydrogen) atoms. The summed E-state index contributed by atoms with van der Waals surface area (Å²) in [5.41, 5.74) is 0.976. The third-order valence-corrected chi connectivity index (χ3v) is 7.39. The summed E-state index contributed by atoms with van der Waals surface area (Å²) in [7, 11) is 1.50. The van der Waals surface area contributed by atoms with Gasteiger partial charge in [-0.25, -0.2) is 18.9 Å². The number of nitrogens with one attached hydrogen (secondary N) is 2. The highest BCUT2D eigenvalue weighted by Gasteiger charge is 2.58. The van der Waals surface area contributed by atoms with Crippen molar-refractivity contribution in [2.24, 2.45) is 5.92 Å². The van der Waals surface area contributed by atoms with Gasteiger partial charge in [-0.15, -0.1) is 0 Å². The van der Waals surface area contributed by atoms with Gasteiger partial charge in [-0.1, -0.05) is 23.7 Å². The zero-order valence-electron chi connectivity index (χ0n) is 20.2. The molecule has 0 radical (unpaired) electrons. The van der Waals surface area contributed by atoms with E-state index in [0.717, 1.165) is 23.3 Å². The molecule has 2 aromatic rings. The van der Waals surface area contributed by atoms with Crippen molar-refractivity contribution in [3.05, 3.63) is 63.9 Å². The molecular formula is C26H26ClFN4O5. The van der Waals surface area contributed by atoms with Crippen LogP contribution in [-0.2, 0) is 32.9 Å². The molecule has 1 saturated carbocycles. The van der Waals surface area contributed by atoms with Gasteiger partial charge in [-0.3, -0.25) is 9.59 Å². The van der Waals surface area contributed by atoms with Gasteiger partial charge in [0.25, 0.3) is 5.91 Å². The van der Waals surface area contributed by atoms with Crippen LogP contribution in [0, 0.1) is 11.7 Å². The minimum Gasteiger partial charge on any atom is -0.427 e. The monoisotopic (exact) mass is 528 g/mol. The molecule has 194 valence electrons. The molecule has 0 aromatic heterocycles. The molecule has 1 aliphatic heterocycles. The van der Waals surface area contributed by atoms with Crippen molar-refractivity contribution in [1.29, 1.82) is 0 Å². The molecule has 5 rings (SSSR count). The number of ether oxygens (including phenoxy) is 1. The van der Waals surface area contributed by atoms with Gasteiger partial charge < -0.3 is 20.3 Å². The molecule has 5 amide bonds. The predicted molar refractivity (Wildman–Crippen MR) is 132 cm³/mol. The number of hydrogen-bond acceptors (Lipinski definition) is 5. The van der Waals surface area contributed by atoms with Gasteiger partial charge >= 0.3 is 12.1 Å². The number of hydrogen-bond donors (Lipinski definition) is 2. The number of halogens is 2. The molecule has 9 nitrogen and oxygen atoms in total. The summed E-state index contributed by atoms with van der Waals surface area (Å²) >= 11 is 6.18. The normalized spacial score (nSPS) is 20.1. The van der Waals surface area contributed by atoms with Crippen LogP contribution in [0.1, 0.15) is 36.0 Å². The first-order chi connectivity index (χ1) is 17.7. The molecule has 2 N–H and O–H groups in total. The number of amides is 5. The number of imide groups is 1. The molecule has 2 aromatic carbocycles. The van der Waals surface area contributed by atoms with E-state index in [-0.39, 0.29) is 24.0 Å². The highest BCUT2D eigenvalue weighted by atomic mass is 35.5. The number of fused-ring (bicyclic) bond motifs is 2. The molecule has 0 bridgehead atoms. The Hall–Kier alpha value is -3.66. The molecule has 11 heteroatoms. The summed E-state index contributed by atoms with van der Waals surface area (Å²) in [6, 6.07) is 8.67. The SMILES string of the molecule is CNC(=O)Nc1ccc2c(c1)CC[C@@]21OC(=O)N(CC(=O)N(Cc2ccc(F)cc2Cl)CC2CC2)C1=O. The molecule has 2 fully saturated rings. The fourth-order valence-corrected chi connectivity index (χ4v) is 5.11. The Kier molecular flexibility index (Phi) is 6.53. The minimum absolute atomic E-state index is 0.139. The Morgan fingerprint density at radius 3 is 2.70 bits per heavy atom. The standard InChI is InChI=1S/C26H26ClFN4O5/c1-29-24(35)30-19-6-7-20-16(10-19)8-9-26(20)23(34)32(25(36)37-26)14-22(33)31(12-15-2-3-15)13-17-4-5-18(28)11-21(17)27/h4-7,10-11,15H,2-3,8-9,12-14H2,1H3,(H2,29,30,35)/t26-/m1/s1. The number of anilines is 1. The van der Waals surface area contributed by atoms with Crippen LogP contribution in [0.25, 0.3) is 0 Å². The van der Waals surface area contributed by atoms with Crippen LogP contribution in [0.15, 0.2) is 36.4 Å². The lowest BCUT2D eigenvalue weighted by molar-refractivity contribution is -0.142. The van der Waals surface area contributed by atoms with E-state index in [9.17, 15) is 23.6 Å². The Labute approximate surface area is 217 Å². The first kappa shape index (κ1) is 25.0. The van der Waals surface area contributed by atoms with Crippen molar-refractivity contribution in [2.45, 2.75) is 37.8 Å². The van der Waals surface area contributed by atoms with E-state index in [1.54, 1.807) is 23.1 Å². The zero-order valence-corrected chi connectivity index (χ0v) is 20.9. The van der Waals surface area contributed by atoms with Crippen LogP contribution in [0.3, 0.4) is 0 Å². The molecule has 3 aliphatic rings. The Bertz CT molecular complexity index is 1300. The van der Waals surface area contributed by atoms with Crippen molar-refractivity contribution in [3.63, 3.8) is 0 Å². The molecule has 1 spiro atoms. The maximum absolute atomic E-state index is 13.5. The van der Waals surface area contributed by atoms with Gasteiger partial charge in [0.2, 0.25) is 11.5 Å². The van der Waals surface area contributed by atoms with Crippen molar-refractivity contribution in [2.75, 3.05) is 25.5 Å². The lowest BCUT2D eigenvalue weighted by Crippen LogP contribution is -2.45. The smallest absolute Gasteiger partial charge is 0.418 e. The fraction of sp³-hybridized carbons (Fsp3) is 0.385. The topological polar surface area (TPSA) is 108 Å². The number of carbonyl (C=O) groups excluding carboxylic acids is 4. The van der Waals surface area contributed by atoms with Gasteiger partial charge in [0.15, 0.2) is 0 Å². The fourth-order valence-electron chi connectivity index (χ4n) is 4.88. The van der Waals surface area contributed by atoms with E-state index in [0.29, 0.717) is 35.7 Å². The number of urea groups is 1. The summed E-state index contributed by atoms with van der Waals surface area (Å²) in [4.78, 5) is 53.7. The summed E-state index contributed by atoms with van der Waals surface area (Å²) in [6.07, 6.45) is 1.82. The van der Waals surface area contributed by atoms with E-state index < -0.39 is 35.9 Å². The summed E-state index contributed by atoms with van der Waals surface area (Å²) in [6.45, 7) is 0.135. The zero-order chi connectivity index (χ0) is 26.3. The molecule has 1 heterocycles. The lowest BCUT2D eigenvalue weighted by atomic mass is 9.94. The number of rotatable bonds is 7. The van der Waals surface area contributed by atoms with E-state index in [4.69, 9.17) is 16.3 Å². The quantitative estimate of drug-likeness (QED) is 0.568. The van der Waals surface area contributed by atoms with Crippen LogP contribution in [0.4, 0.5) is 19.7 Å². The largest absolute Gasteiger partial charge is 0.427 e. The maximum Gasteiger partial charge on any atom is 0.418 e. The predicted octanol–water partition coefficient (Wildman–Crippen LogP) is 3.79. The average molecular weight is 529 g/mol. The summed E-state index contributed by atoms with van der Waals surface area (Å²) in [5.74, 6) is -1.13. The van der Waals surface area contributed by atoms with Gasteiger partial charge in [0.05, 0.1) is 0 Å². The second-order valence-corrected chi connectivity index (χ2v) is 10.0. The summed E-state index contributed by atoms with van der Waals surface area (Å²) < 4.78 is 19.1. The first-order valence-electron chi connectivity index (χ1n) is 12.1. The van der Waals surface area contributed by atoms with Crippen molar-refractivity contribution >= 4 is 41.2 Å². The lowest BCUT2D eigenvalue weighted by Gasteiger charge is -2.25. The van der Waals surface area contributed by atoms with Crippen LogP contribution < -0.4 is 10.6 Å². The Morgan fingerprint density at radius 2 is 2.00 bits per heavy atom. The minimum atomic E-state index is -1.49. The third kappa shape index (κ3) is 4.85. The third-order valence-electron chi connectivity index (χ3n) is 7.04. The van der Waals surface area contributed by atoms with E-state index in [1.165, 1.54) is 25.2 Å². The molecule has 1 atom stereocenters. The number of carbonyl (C=O) groups is 4. The average Bonchev–Trinajstić information content (AvgIpc) is 3.57. The Morgan fingerprint density at radius 1 is 1.22 bits per heavy atom. The highest BCUT2D eigenvalue weighted by Crippen LogP contribution is 2.46. The highest BCUT2D eigenvalue weighted by molar-refractivity contribution is 6.31. The molecule has 0 unspecified atom stereocenters. The molecular weight excluding hydrogens is 503 g/mol. The van der Waals surface area contributed by atoms with Gasteiger partial charge in [0.1, 0.15) is 12.4 Å². The van der Waals surface area contributed by atoms with Gasteiger partial charge in [-0.2, -0.15) is 0 Å². The number of nitrogens with zero attached hydrogens (tertiary/aromatic N) is 2. The van der Waals surface area contributed by atoms with E-state index >= 15 is 0 Å². The van der Waals surface area contributed by atoms with Crippen molar-refractivity contribution in [1.82, 2.24) is 15.1 Å². The first-order valence-corrected chi connectivity index (χ1v) is 12.5. The second-order valence-electron chi connectivity index (χ2n) is 9.62. The summed E-state index contributed by atoms with van der Waals surface area (Å²) in [5, 5.41) is 5.36.